The Morgan fingerprint density at radius 2 is 1.86 bits per heavy atom. The maximum Gasteiger partial charge on any atom is 0.444 e. The highest BCUT2D eigenvalue weighted by Gasteiger charge is 2.14. The molecule has 0 amide bonds. The minimum absolute atomic E-state index is 0.300. The second kappa shape index (κ2) is 5.72. The van der Waals surface area contributed by atoms with Crippen molar-refractivity contribution in [3.63, 3.8) is 0 Å². The lowest BCUT2D eigenvalue weighted by molar-refractivity contribution is 0.308. The van der Waals surface area contributed by atoms with E-state index in [9.17, 15) is 13.6 Å². The molecule has 0 unspecified atom stereocenters. The van der Waals surface area contributed by atoms with E-state index in [1.165, 1.54) is 0 Å². The highest BCUT2D eigenvalue weighted by Crippen LogP contribution is 2.23. The number of hydrogen-bond acceptors (Lipinski definition) is 4. The molecule has 22 heavy (non-hydrogen) atoms. The zero-order chi connectivity index (χ0) is 15.7. The van der Waals surface area contributed by atoms with Crippen molar-refractivity contribution in [2.45, 2.75) is 0 Å². The van der Waals surface area contributed by atoms with E-state index in [0.29, 0.717) is 11.8 Å². The van der Waals surface area contributed by atoms with Crippen LogP contribution in [0.4, 0.5) is 8.78 Å². The van der Waals surface area contributed by atoms with Gasteiger partial charge in [-0.1, -0.05) is 21.0 Å². The molecule has 5 nitrogen and oxygen atoms in total. The molecule has 3 rings (SSSR count). The number of nitrogens with zero attached hydrogens (tertiary/aromatic N) is 2. The van der Waals surface area contributed by atoms with Crippen LogP contribution in [0.15, 0.2) is 56.1 Å². The van der Waals surface area contributed by atoms with E-state index in [0.717, 1.165) is 21.3 Å². The van der Waals surface area contributed by atoms with E-state index in [1.807, 2.05) is 0 Å². The van der Waals surface area contributed by atoms with Gasteiger partial charge < -0.3 is 9.15 Å². The monoisotopic (exact) mass is 368 g/mol. The predicted molar refractivity (Wildman–Crippen MR) is 76.2 cm³/mol. The summed E-state index contributed by atoms with van der Waals surface area (Å²) in [6.07, 6.45) is -0.446. The molecule has 0 aliphatic rings. The fourth-order valence-electron chi connectivity index (χ4n) is 1.70. The summed E-state index contributed by atoms with van der Waals surface area (Å²) in [5, 5.41) is 3.81. The Bertz CT molecular complexity index is 875. The van der Waals surface area contributed by atoms with Gasteiger partial charge in [-0.25, -0.2) is 13.6 Å². The Morgan fingerprint density at radius 1 is 1.14 bits per heavy atom. The summed E-state index contributed by atoms with van der Waals surface area (Å²) in [6, 6.07) is 9.45. The molecule has 1 heterocycles. The predicted octanol–water partition coefficient (Wildman–Crippen LogP) is 3.66. The largest absolute Gasteiger partial charge is 0.444 e. The molecule has 3 aromatic rings. The topological polar surface area (TPSA) is 57.3 Å². The molecule has 112 valence electrons. The van der Waals surface area contributed by atoms with Gasteiger partial charge >= 0.3 is 11.8 Å². The summed E-state index contributed by atoms with van der Waals surface area (Å²) in [5.41, 5.74) is 0.450. The molecule has 0 aliphatic carbocycles. The van der Waals surface area contributed by atoms with E-state index in [-0.39, 0.29) is 5.75 Å². The molecule has 1 aromatic heterocycles. The molecule has 0 aliphatic heterocycles. The number of benzene rings is 2. The average molecular weight is 369 g/mol. The number of halogens is 3. The van der Waals surface area contributed by atoms with Gasteiger partial charge in [0.15, 0.2) is 11.6 Å². The van der Waals surface area contributed by atoms with E-state index >= 15 is 0 Å². The van der Waals surface area contributed by atoms with Gasteiger partial charge in [0.2, 0.25) is 0 Å². The van der Waals surface area contributed by atoms with Crippen LogP contribution in [0.25, 0.3) is 5.69 Å². The number of ether oxygens (including phenoxy) is 1. The van der Waals surface area contributed by atoms with Crippen molar-refractivity contribution in [2.75, 3.05) is 0 Å². The van der Waals surface area contributed by atoms with Crippen molar-refractivity contribution >= 4 is 15.9 Å². The smallest absolute Gasteiger partial charge is 0.407 e. The first-order chi connectivity index (χ1) is 10.5. The molecule has 0 radical (unpaired) electrons. The maximum absolute atomic E-state index is 13.5. The molecule has 0 saturated carbocycles. The van der Waals surface area contributed by atoms with Crippen LogP contribution in [0.3, 0.4) is 0 Å². The second-order valence-corrected chi connectivity index (χ2v) is 5.11. The Labute approximate surface area is 130 Å². The lowest BCUT2D eigenvalue weighted by Gasteiger charge is -2.01. The Kier molecular flexibility index (Phi) is 3.76. The van der Waals surface area contributed by atoms with Crippen molar-refractivity contribution in [2.24, 2.45) is 0 Å². The molecular formula is C14H7BrF2N2O3. The van der Waals surface area contributed by atoms with Crippen molar-refractivity contribution in [3.05, 3.63) is 69.1 Å². The first-order valence-corrected chi connectivity index (χ1v) is 6.81. The summed E-state index contributed by atoms with van der Waals surface area (Å²) >= 11 is 3.27. The van der Waals surface area contributed by atoms with E-state index in [4.69, 9.17) is 9.15 Å². The number of hydrogen-bond donors (Lipinski definition) is 0. The molecular weight excluding hydrogens is 362 g/mol. The van der Waals surface area contributed by atoms with Crippen molar-refractivity contribution in [3.8, 4) is 17.5 Å². The van der Waals surface area contributed by atoms with E-state index < -0.39 is 23.5 Å². The zero-order valence-electron chi connectivity index (χ0n) is 10.8. The third kappa shape index (κ3) is 2.91. The summed E-state index contributed by atoms with van der Waals surface area (Å²) in [5.74, 6) is -2.77. The van der Waals surface area contributed by atoms with Crippen LogP contribution in [0.1, 0.15) is 0 Å². The summed E-state index contributed by atoms with van der Waals surface area (Å²) in [4.78, 5) is 11.7. The molecule has 0 spiro atoms. The molecule has 8 heteroatoms. The van der Waals surface area contributed by atoms with Crippen molar-refractivity contribution in [1.29, 1.82) is 0 Å². The summed E-state index contributed by atoms with van der Waals surface area (Å²) < 4.78 is 37.9. The van der Waals surface area contributed by atoms with E-state index in [2.05, 4.69) is 21.0 Å². The molecule has 0 N–H and O–H groups in total. The fourth-order valence-corrected chi connectivity index (χ4v) is 1.96. The van der Waals surface area contributed by atoms with Crippen LogP contribution in [0.2, 0.25) is 0 Å². The molecule has 0 fully saturated rings. The zero-order valence-corrected chi connectivity index (χ0v) is 12.4. The van der Waals surface area contributed by atoms with Crippen LogP contribution in [-0.4, -0.2) is 9.78 Å². The van der Waals surface area contributed by atoms with Crippen LogP contribution in [0, 0.1) is 11.6 Å². The van der Waals surface area contributed by atoms with E-state index in [1.54, 1.807) is 24.3 Å². The molecule has 0 saturated heterocycles. The van der Waals surface area contributed by atoms with Crippen LogP contribution in [-0.2, 0) is 0 Å². The summed E-state index contributed by atoms with van der Waals surface area (Å²) in [7, 11) is 0. The maximum atomic E-state index is 13.5. The van der Waals surface area contributed by atoms with Crippen LogP contribution in [0.5, 0.6) is 11.8 Å². The SMILES string of the molecule is O=c1oc(Oc2ccc(F)cc2F)nn1-c1ccc(Br)cc1. The number of rotatable bonds is 3. The molecule has 0 atom stereocenters. The van der Waals surface area contributed by atoms with Crippen molar-refractivity contribution < 1.29 is 17.9 Å². The molecule has 2 aromatic carbocycles. The van der Waals surface area contributed by atoms with Gasteiger partial charge in [0.25, 0.3) is 0 Å². The minimum Gasteiger partial charge on any atom is -0.407 e. The van der Waals surface area contributed by atoms with Gasteiger partial charge in [0.05, 0.1) is 5.69 Å². The van der Waals surface area contributed by atoms with Crippen LogP contribution >= 0.6 is 15.9 Å². The van der Waals surface area contributed by atoms with Crippen molar-refractivity contribution in [1.82, 2.24) is 9.78 Å². The average Bonchev–Trinajstić information content (AvgIpc) is 2.84. The standard InChI is InChI=1S/C14H7BrF2N2O3/c15-8-1-4-10(5-2-8)19-14(20)22-13(18-19)21-12-6-3-9(16)7-11(12)17/h1-7H. The first kappa shape index (κ1) is 14.5. The highest BCUT2D eigenvalue weighted by molar-refractivity contribution is 9.10. The van der Waals surface area contributed by atoms with Gasteiger partial charge in [0, 0.05) is 10.5 Å². The quantitative estimate of drug-likeness (QED) is 0.707. The Hall–Kier alpha value is -2.48. The molecule has 0 bridgehead atoms. The third-order valence-electron chi connectivity index (χ3n) is 2.69. The number of aromatic nitrogens is 2. The summed E-state index contributed by atoms with van der Waals surface area (Å²) in [6.45, 7) is 0. The normalized spacial score (nSPS) is 10.7. The van der Waals surface area contributed by atoms with Gasteiger partial charge in [0.1, 0.15) is 5.82 Å². The minimum atomic E-state index is -0.930. The fraction of sp³-hybridized carbons (Fsp3) is 0. The second-order valence-electron chi connectivity index (χ2n) is 4.20. The first-order valence-electron chi connectivity index (χ1n) is 6.02. The lowest BCUT2D eigenvalue weighted by Crippen LogP contribution is -2.13. The lowest BCUT2D eigenvalue weighted by atomic mass is 10.3. The highest BCUT2D eigenvalue weighted by atomic mass is 79.9. The van der Waals surface area contributed by atoms with Gasteiger partial charge in [-0.15, -0.1) is 0 Å². The Balaban J connectivity index is 1.92. The van der Waals surface area contributed by atoms with Gasteiger partial charge in [-0.05, 0) is 36.4 Å². The van der Waals surface area contributed by atoms with Gasteiger partial charge in [-0.3, -0.25) is 0 Å². The van der Waals surface area contributed by atoms with Gasteiger partial charge in [-0.2, -0.15) is 4.68 Å². The van der Waals surface area contributed by atoms with Crippen LogP contribution < -0.4 is 10.5 Å². The Morgan fingerprint density at radius 3 is 2.55 bits per heavy atom. The third-order valence-corrected chi connectivity index (χ3v) is 3.22.